The van der Waals surface area contributed by atoms with E-state index < -0.39 is 11.3 Å². The number of carbonyl (C=O) groups excluding carboxylic acids is 1. The highest BCUT2D eigenvalue weighted by atomic mass is 32.2. The zero-order valence-electron chi connectivity index (χ0n) is 13.5. The average Bonchev–Trinajstić information content (AvgIpc) is 3.08. The molecule has 0 aromatic heterocycles. The number of nitrogens with one attached hydrogen (secondary N) is 1. The van der Waals surface area contributed by atoms with Crippen LogP contribution >= 0.6 is 0 Å². The maximum absolute atomic E-state index is 12.5. The average molecular weight is 352 g/mol. The Kier molecular flexibility index (Phi) is 5.83. The van der Waals surface area contributed by atoms with Crippen LogP contribution in [0.3, 0.4) is 0 Å². The minimum Gasteiger partial charge on any atom is -0.755 e. The Morgan fingerprint density at radius 2 is 1.96 bits per heavy atom. The normalized spacial score (nSPS) is 23.2. The first-order valence-electron chi connectivity index (χ1n) is 8.17. The molecule has 0 saturated carbocycles. The molecule has 2 saturated heterocycles. The van der Waals surface area contributed by atoms with Crippen molar-refractivity contribution in [3.05, 3.63) is 29.8 Å². The molecule has 2 fully saturated rings. The number of rotatable bonds is 5. The first-order chi connectivity index (χ1) is 11.6. The van der Waals surface area contributed by atoms with Crippen LogP contribution in [0.1, 0.15) is 16.8 Å². The van der Waals surface area contributed by atoms with Gasteiger partial charge in [-0.05, 0) is 36.6 Å². The molecule has 132 valence electrons. The number of amides is 1. The van der Waals surface area contributed by atoms with Crippen LogP contribution in [-0.4, -0.2) is 70.4 Å². The standard InChI is InChI=1S/C16H23N3O4S/c20-16(14-1-3-15(4-2-14)17-24(21)22)19-8-6-18(7-9-19)11-13-5-10-23-12-13/h1-4,13,17H,5-12H2,(H,21,22)/p-1/t13-/m1/s1. The van der Waals surface area contributed by atoms with Crippen molar-refractivity contribution in [2.75, 3.05) is 50.7 Å². The Balaban J connectivity index is 1.50. The van der Waals surface area contributed by atoms with Crippen LogP contribution in [-0.2, 0) is 16.0 Å². The number of anilines is 1. The van der Waals surface area contributed by atoms with Gasteiger partial charge in [-0.3, -0.25) is 13.9 Å². The van der Waals surface area contributed by atoms with E-state index in [2.05, 4.69) is 9.62 Å². The van der Waals surface area contributed by atoms with Gasteiger partial charge in [0.1, 0.15) is 0 Å². The molecular weight excluding hydrogens is 330 g/mol. The lowest BCUT2D eigenvalue weighted by atomic mass is 10.1. The maximum atomic E-state index is 12.5. The quantitative estimate of drug-likeness (QED) is 0.788. The van der Waals surface area contributed by atoms with Gasteiger partial charge in [-0.2, -0.15) is 0 Å². The van der Waals surface area contributed by atoms with Crippen molar-refractivity contribution in [1.29, 1.82) is 0 Å². The summed E-state index contributed by atoms with van der Waals surface area (Å²) in [6, 6.07) is 6.50. The lowest BCUT2D eigenvalue weighted by Gasteiger charge is -2.35. The van der Waals surface area contributed by atoms with Crippen LogP contribution in [0, 0.1) is 5.92 Å². The first-order valence-corrected chi connectivity index (χ1v) is 9.24. The molecule has 1 unspecified atom stereocenters. The summed E-state index contributed by atoms with van der Waals surface area (Å²) < 4.78 is 28.9. The van der Waals surface area contributed by atoms with Gasteiger partial charge in [0, 0.05) is 61.8 Å². The number of piperazine rings is 1. The summed E-state index contributed by atoms with van der Waals surface area (Å²) >= 11 is -2.35. The zero-order valence-corrected chi connectivity index (χ0v) is 14.3. The van der Waals surface area contributed by atoms with Gasteiger partial charge >= 0.3 is 0 Å². The molecule has 1 N–H and O–H groups in total. The largest absolute Gasteiger partial charge is 0.755 e. The third-order valence-electron chi connectivity index (χ3n) is 4.53. The fourth-order valence-electron chi connectivity index (χ4n) is 3.19. The minimum absolute atomic E-state index is 0.00588. The van der Waals surface area contributed by atoms with Crippen molar-refractivity contribution in [3.63, 3.8) is 0 Å². The van der Waals surface area contributed by atoms with Crippen LogP contribution in [0.25, 0.3) is 0 Å². The molecule has 1 amide bonds. The smallest absolute Gasteiger partial charge is 0.253 e. The third-order valence-corrected chi connectivity index (χ3v) is 4.94. The second-order valence-electron chi connectivity index (χ2n) is 6.24. The van der Waals surface area contributed by atoms with E-state index in [1.807, 2.05) is 4.90 Å². The maximum Gasteiger partial charge on any atom is 0.253 e. The topological polar surface area (TPSA) is 84.9 Å². The molecule has 0 spiro atoms. The predicted molar refractivity (Wildman–Crippen MR) is 90.3 cm³/mol. The van der Waals surface area contributed by atoms with Crippen molar-refractivity contribution < 1.29 is 18.3 Å². The summed E-state index contributed by atoms with van der Waals surface area (Å²) in [7, 11) is 0. The van der Waals surface area contributed by atoms with E-state index in [1.54, 1.807) is 24.3 Å². The van der Waals surface area contributed by atoms with E-state index in [4.69, 9.17) is 4.74 Å². The Morgan fingerprint density at radius 1 is 1.25 bits per heavy atom. The van der Waals surface area contributed by atoms with E-state index in [0.717, 1.165) is 52.4 Å². The lowest BCUT2D eigenvalue weighted by Crippen LogP contribution is -2.49. The summed E-state index contributed by atoms with van der Waals surface area (Å²) in [5, 5.41) is 0. The van der Waals surface area contributed by atoms with E-state index in [9.17, 15) is 13.6 Å². The van der Waals surface area contributed by atoms with Crippen LogP contribution < -0.4 is 4.72 Å². The molecule has 2 aliphatic heterocycles. The third kappa shape index (κ3) is 4.54. The van der Waals surface area contributed by atoms with Gasteiger partial charge in [-0.15, -0.1) is 0 Å². The highest BCUT2D eigenvalue weighted by Crippen LogP contribution is 2.17. The number of nitrogens with zero attached hydrogens (tertiary/aromatic N) is 2. The molecule has 1 aromatic rings. The van der Waals surface area contributed by atoms with E-state index in [1.165, 1.54) is 0 Å². The molecule has 2 atom stereocenters. The van der Waals surface area contributed by atoms with Gasteiger partial charge in [0.25, 0.3) is 5.91 Å². The minimum atomic E-state index is -2.35. The zero-order chi connectivity index (χ0) is 16.9. The molecule has 0 radical (unpaired) electrons. The monoisotopic (exact) mass is 352 g/mol. The molecule has 2 heterocycles. The molecule has 0 aliphatic carbocycles. The number of ether oxygens (including phenoxy) is 1. The molecule has 7 nitrogen and oxygen atoms in total. The predicted octanol–water partition coefficient (Wildman–Crippen LogP) is 0.687. The van der Waals surface area contributed by atoms with Gasteiger partial charge in [0.15, 0.2) is 0 Å². The lowest BCUT2D eigenvalue weighted by molar-refractivity contribution is 0.0611. The van der Waals surface area contributed by atoms with Crippen molar-refractivity contribution in [2.45, 2.75) is 6.42 Å². The second kappa shape index (κ2) is 8.06. The number of hydrogen-bond donors (Lipinski definition) is 1. The fraction of sp³-hybridized carbons (Fsp3) is 0.562. The number of carbonyl (C=O) groups is 1. The highest BCUT2D eigenvalue weighted by molar-refractivity contribution is 7.80. The van der Waals surface area contributed by atoms with Crippen molar-refractivity contribution in [1.82, 2.24) is 9.80 Å². The Morgan fingerprint density at radius 3 is 2.54 bits per heavy atom. The molecule has 24 heavy (non-hydrogen) atoms. The van der Waals surface area contributed by atoms with Crippen LogP contribution in [0.15, 0.2) is 24.3 Å². The summed E-state index contributed by atoms with van der Waals surface area (Å²) in [5.74, 6) is 0.618. The Hall–Kier alpha value is -1.48. The van der Waals surface area contributed by atoms with Crippen molar-refractivity contribution >= 4 is 22.9 Å². The summed E-state index contributed by atoms with van der Waals surface area (Å²) in [6.45, 7) is 5.98. The molecule has 8 heteroatoms. The Bertz CT molecular complexity index is 581. The van der Waals surface area contributed by atoms with Crippen LogP contribution in [0.4, 0.5) is 5.69 Å². The van der Waals surface area contributed by atoms with Crippen LogP contribution in [0.5, 0.6) is 0 Å². The summed E-state index contributed by atoms with van der Waals surface area (Å²) in [4.78, 5) is 16.8. The van der Waals surface area contributed by atoms with Gasteiger partial charge in [0.2, 0.25) is 0 Å². The molecule has 0 bridgehead atoms. The molecular formula is C16H22N3O4S-. The fourth-order valence-corrected chi connectivity index (χ4v) is 3.51. The highest BCUT2D eigenvalue weighted by Gasteiger charge is 2.25. The summed E-state index contributed by atoms with van der Waals surface area (Å²) in [5.41, 5.74) is 1.03. The number of benzene rings is 1. The Labute approximate surface area is 144 Å². The molecule has 1 aromatic carbocycles. The van der Waals surface area contributed by atoms with Crippen molar-refractivity contribution in [2.24, 2.45) is 5.92 Å². The van der Waals surface area contributed by atoms with Gasteiger partial charge in [0.05, 0.1) is 6.61 Å². The summed E-state index contributed by atoms with van der Waals surface area (Å²) in [6.07, 6.45) is 1.13. The second-order valence-corrected chi connectivity index (χ2v) is 6.91. The van der Waals surface area contributed by atoms with Crippen LogP contribution in [0.2, 0.25) is 0 Å². The first kappa shape index (κ1) is 17.3. The van der Waals surface area contributed by atoms with Gasteiger partial charge < -0.3 is 18.9 Å². The van der Waals surface area contributed by atoms with E-state index in [0.29, 0.717) is 17.2 Å². The SMILES string of the molecule is O=C(c1ccc(NS(=O)[O-])cc1)N1CCN(C[C@H]2CCOC2)CC1. The van der Waals surface area contributed by atoms with Crippen molar-refractivity contribution in [3.8, 4) is 0 Å². The number of hydrogen-bond acceptors (Lipinski definition) is 5. The van der Waals surface area contributed by atoms with Gasteiger partial charge in [-0.25, -0.2) is 0 Å². The van der Waals surface area contributed by atoms with Gasteiger partial charge in [-0.1, -0.05) is 0 Å². The molecule has 3 rings (SSSR count). The molecule has 2 aliphatic rings. The van der Waals surface area contributed by atoms with E-state index >= 15 is 0 Å². The van der Waals surface area contributed by atoms with E-state index in [-0.39, 0.29) is 5.91 Å².